The van der Waals surface area contributed by atoms with Crippen LogP contribution in [0.5, 0.6) is 0 Å². The van der Waals surface area contributed by atoms with Crippen molar-refractivity contribution in [2.24, 2.45) is 10.5 Å². The van der Waals surface area contributed by atoms with Gasteiger partial charge in [0, 0.05) is 19.5 Å². The monoisotopic (exact) mass is 171 g/mol. The van der Waals surface area contributed by atoms with Crippen molar-refractivity contribution < 1.29 is 4.79 Å². The molecule has 4 nitrogen and oxygen atoms in total. The summed E-state index contributed by atoms with van der Waals surface area (Å²) in [5.74, 6) is -0.0828. The van der Waals surface area contributed by atoms with Crippen molar-refractivity contribution in [3.63, 3.8) is 0 Å². The molecule has 0 saturated heterocycles. The number of carbonyl (C=O) groups excluding carboxylic acids is 1. The summed E-state index contributed by atoms with van der Waals surface area (Å²) in [5, 5.41) is 3.74. The predicted octanol–water partition coefficient (Wildman–Crippen LogP) is 0.654. The number of hydrogen-bond acceptors (Lipinski definition) is 2. The Morgan fingerprint density at radius 3 is 2.25 bits per heavy atom. The lowest BCUT2D eigenvalue weighted by molar-refractivity contribution is -0.128. The van der Waals surface area contributed by atoms with E-state index in [0.29, 0.717) is 0 Å². The van der Waals surface area contributed by atoms with Crippen LogP contribution in [0.1, 0.15) is 20.8 Å². The van der Waals surface area contributed by atoms with Crippen molar-refractivity contribution in [1.82, 2.24) is 10.3 Å². The molecule has 4 heteroatoms. The summed E-state index contributed by atoms with van der Waals surface area (Å²) in [4.78, 5) is 13.0. The Hall–Kier alpha value is -1.06. The summed E-state index contributed by atoms with van der Waals surface area (Å²) in [7, 11) is 3.68. The molecule has 0 rings (SSSR count). The zero-order valence-corrected chi connectivity index (χ0v) is 8.38. The van der Waals surface area contributed by atoms with Gasteiger partial charge in [-0.3, -0.25) is 4.79 Å². The van der Waals surface area contributed by atoms with Gasteiger partial charge in [-0.05, 0) is 0 Å². The number of hydrazone groups is 1. The van der Waals surface area contributed by atoms with Crippen LogP contribution in [-0.2, 0) is 4.79 Å². The minimum Gasteiger partial charge on any atom is -0.367 e. The number of nitrogens with one attached hydrogen (secondary N) is 1. The van der Waals surface area contributed by atoms with Crippen LogP contribution in [0.15, 0.2) is 5.10 Å². The third kappa shape index (κ3) is 4.71. The highest BCUT2D eigenvalue weighted by Gasteiger charge is 2.20. The Morgan fingerprint density at radius 1 is 1.42 bits per heavy atom. The smallest absolute Gasteiger partial charge is 0.245 e. The first-order valence-electron chi connectivity index (χ1n) is 3.84. The quantitative estimate of drug-likeness (QED) is 0.377. The predicted molar refractivity (Wildman–Crippen MR) is 49.8 cm³/mol. The molecule has 0 aliphatic heterocycles. The molecule has 0 aromatic rings. The Morgan fingerprint density at radius 2 is 1.92 bits per heavy atom. The molecule has 0 bridgehead atoms. The topological polar surface area (TPSA) is 44.7 Å². The highest BCUT2D eigenvalue weighted by Crippen LogP contribution is 2.11. The summed E-state index contributed by atoms with van der Waals surface area (Å²) >= 11 is 0. The van der Waals surface area contributed by atoms with Gasteiger partial charge in [-0.2, -0.15) is 5.10 Å². The van der Waals surface area contributed by atoms with Gasteiger partial charge in [0.25, 0.3) is 0 Å². The molecule has 0 saturated carbocycles. The minimum absolute atomic E-state index is 0.0828. The number of hydrogen-bond donors (Lipinski definition) is 1. The zero-order chi connectivity index (χ0) is 9.78. The van der Waals surface area contributed by atoms with Crippen molar-refractivity contribution >= 4 is 12.2 Å². The van der Waals surface area contributed by atoms with Gasteiger partial charge in [-0.25, -0.2) is 5.43 Å². The molecule has 0 unspecified atom stereocenters. The molecule has 12 heavy (non-hydrogen) atoms. The lowest BCUT2D eigenvalue weighted by atomic mass is 9.96. The van der Waals surface area contributed by atoms with Crippen LogP contribution in [0.4, 0.5) is 0 Å². The van der Waals surface area contributed by atoms with Crippen LogP contribution in [0.25, 0.3) is 0 Å². The number of nitrogens with zero attached hydrogens (tertiary/aromatic N) is 2. The average molecular weight is 171 g/mol. The third-order valence-corrected chi connectivity index (χ3v) is 1.14. The van der Waals surface area contributed by atoms with Crippen LogP contribution >= 0.6 is 0 Å². The lowest BCUT2D eigenvalue weighted by Crippen LogP contribution is -2.32. The molecule has 0 aromatic carbocycles. The Labute approximate surface area is 73.6 Å². The molecular weight excluding hydrogens is 154 g/mol. The van der Waals surface area contributed by atoms with Crippen molar-refractivity contribution in [3.05, 3.63) is 0 Å². The molecular formula is C8H17N3O. The molecule has 0 aliphatic rings. The van der Waals surface area contributed by atoms with E-state index in [1.807, 2.05) is 34.9 Å². The van der Waals surface area contributed by atoms with E-state index in [0.717, 1.165) is 0 Å². The summed E-state index contributed by atoms with van der Waals surface area (Å²) < 4.78 is 0. The van der Waals surface area contributed by atoms with E-state index in [9.17, 15) is 4.79 Å². The van der Waals surface area contributed by atoms with E-state index in [4.69, 9.17) is 0 Å². The van der Waals surface area contributed by atoms with Gasteiger partial charge in [0.1, 0.15) is 6.34 Å². The average Bonchev–Trinajstić information content (AvgIpc) is 1.84. The molecule has 0 aromatic heterocycles. The second-order valence-electron chi connectivity index (χ2n) is 3.90. The van der Waals surface area contributed by atoms with E-state index in [-0.39, 0.29) is 11.3 Å². The van der Waals surface area contributed by atoms with E-state index < -0.39 is 0 Å². The van der Waals surface area contributed by atoms with Crippen LogP contribution in [0.3, 0.4) is 0 Å². The van der Waals surface area contributed by atoms with Gasteiger partial charge in [0.15, 0.2) is 0 Å². The number of carbonyl (C=O) groups is 1. The molecule has 70 valence electrons. The molecule has 0 fully saturated rings. The highest BCUT2D eigenvalue weighted by molar-refractivity contribution is 5.81. The second kappa shape index (κ2) is 4.09. The van der Waals surface area contributed by atoms with Gasteiger partial charge in [0.2, 0.25) is 5.91 Å². The van der Waals surface area contributed by atoms with Crippen LogP contribution in [0, 0.1) is 5.41 Å². The molecule has 0 radical (unpaired) electrons. The standard InChI is InChI=1S/C8H17N3O/c1-8(2,3)7(12)10-9-6-11(4)5/h6H,1-5H3,(H,10,12). The van der Waals surface area contributed by atoms with Crippen molar-refractivity contribution in [3.8, 4) is 0 Å². The molecule has 0 heterocycles. The van der Waals surface area contributed by atoms with Gasteiger partial charge in [-0.1, -0.05) is 20.8 Å². The van der Waals surface area contributed by atoms with Crippen molar-refractivity contribution in [1.29, 1.82) is 0 Å². The van der Waals surface area contributed by atoms with Crippen LogP contribution in [-0.4, -0.2) is 31.2 Å². The highest BCUT2D eigenvalue weighted by atomic mass is 16.2. The molecule has 0 aliphatic carbocycles. The van der Waals surface area contributed by atoms with Gasteiger partial charge in [-0.15, -0.1) is 0 Å². The van der Waals surface area contributed by atoms with Crippen LogP contribution < -0.4 is 5.43 Å². The lowest BCUT2D eigenvalue weighted by Gasteiger charge is -2.15. The molecule has 0 spiro atoms. The maximum atomic E-state index is 11.2. The normalized spacial score (nSPS) is 11.8. The molecule has 1 amide bonds. The fourth-order valence-electron chi connectivity index (χ4n) is 0.371. The fourth-order valence-corrected chi connectivity index (χ4v) is 0.371. The first kappa shape index (κ1) is 10.9. The molecule has 1 N–H and O–H groups in total. The summed E-state index contributed by atoms with van der Waals surface area (Å²) in [6, 6.07) is 0. The maximum Gasteiger partial charge on any atom is 0.245 e. The fraction of sp³-hybridized carbons (Fsp3) is 0.750. The van der Waals surface area contributed by atoms with Gasteiger partial charge < -0.3 is 4.90 Å². The van der Waals surface area contributed by atoms with Gasteiger partial charge >= 0.3 is 0 Å². The number of amides is 1. The minimum atomic E-state index is -0.385. The van der Waals surface area contributed by atoms with E-state index in [1.165, 1.54) is 0 Å². The third-order valence-electron chi connectivity index (χ3n) is 1.14. The first-order valence-corrected chi connectivity index (χ1v) is 3.84. The number of rotatable bonds is 2. The van der Waals surface area contributed by atoms with E-state index in [2.05, 4.69) is 10.5 Å². The van der Waals surface area contributed by atoms with E-state index >= 15 is 0 Å². The van der Waals surface area contributed by atoms with Crippen LogP contribution in [0.2, 0.25) is 0 Å². The Balaban J connectivity index is 3.88. The van der Waals surface area contributed by atoms with Crippen molar-refractivity contribution in [2.75, 3.05) is 14.1 Å². The van der Waals surface area contributed by atoms with E-state index in [1.54, 1.807) is 11.2 Å². The van der Waals surface area contributed by atoms with Crippen molar-refractivity contribution in [2.45, 2.75) is 20.8 Å². The maximum absolute atomic E-state index is 11.2. The zero-order valence-electron chi connectivity index (χ0n) is 8.38. The largest absolute Gasteiger partial charge is 0.367 e. The second-order valence-corrected chi connectivity index (χ2v) is 3.90. The first-order chi connectivity index (χ1) is 5.34. The Kier molecular flexibility index (Phi) is 3.73. The summed E-state index contributed by atoms with van der Waals surface area (Å²) in [5.41, 5.74) is 2.06. The van der Waals surface area contributed by atoms with Gasteiger partial charge in [0.05, 0.1) is 0 Å². The molecule has 0 atom stereocenters. The Bertz CT molecular complexity index is 179. The SMILES string of the molecule is CN(C)C=NNC(=O)C(C)(C)C. The summed E-state index contributed by atoms with van der Waals surface area (Å²) in [6.07, 6.45) is 1.55. The summed E-state index contributed by atoms with van der Waals surface area (Å²) in [6.45, 7) is 5.52.